The summed E-state index contributed by atoms with van der Waals surface area (Å²) in [6, 6.07) is 14.1. The third kappa shape index (κ3) is 5.14. The van der Waals surface area contributed by atoms with Gasteiger partial charge in [0.05, 0.1) is 22.8 Å². The van der Waals surface area contributed by atoms with Crippen molar-refractivity contribution in [3.05, 3.63) is 90.3 Å². The van der Waals surface area contributed by atoms with Crippen LogP contribution in [0.1, 0.15) is 5.69 Å². The van der Waals surface area contributed by atoms with Gasteiger partial charge in [-0.05, 0) is 60.7 Å². The maximum Gasteiger partial charge on any atom is 0.264 e. The van der Waals surface area contributed by atoms with Crippen LogP contribution in [-0.4, -0.2) is 25.9 Å². The topological polar surface area (TPSA) is 79.4 Å². The number of pyridine rings is 1. The molecule has 9 heteroatoms. The zero-order valence-electron chi connectivity index (χ0n) is 15.1. The molecule has 0 saturated heterocycles. The fourth-order valence-electron chi connectivity index (χ4n) is 2.53. The molecule has 0 fully saturated rings. The molecular weight excluding hydrogens is 400 g/mol. The quantitative estimate of drug-likeness (QED) is 0.641. The molecule has 150 valence electrons. The van der Waals surface area contributed by atoms with Crippen LogP contribution in [0.4, 0.5) is 14.5 Å². The molecule has 1 amide bonds. The number of nitrogens with one attached hydrogen (secondary N) is 1. The Bertz CT molecular complexity index is 1070. The first-order chi connectivity index (χ1) is 13.9. The number of rotatable bonds is 7. The number of hydrogen-bond acceptors (Lipinski definition) is 4. The van der Waals surface area contributed by atoms with Gasteiger partial charge in [0.15, 0.2) is 0 Å². The number of nitrogens with zero attached hydrogens (tertiary/aromatic N) is 2. The lowest BCUT2D eigenvalue weighted by atomic mass is 10.3. The van der Waals surface area contributed by atoms with Gasteiger partial charge >= 0.3 is 0 Å². The van der Waals surface area contributed by atoms with Crippen LogP contribution in [0.2, 0.25) is 0 Å². The van der Waals surface area contributed by atoms with Crippen LogP contribution in [0.25, 0.3) is 0 Å². The number of carbonyl (C=O) groups is 1. The Kier molecular flexibility index (Phi) is 6.18. The minimum Gasteiger partial charge on any atom is -0.349 e. The van der Waals surface area contributed by atoms with Gasteiger partial charge < -0.3 is 5.32 Å². The minimum absolute atomic E-state index is 0.101. The van der Waals surface area contributed by atoms with Crippen molar-refractivity contribution in [1.29, 1.82) is 0 Å². The highest BCUT2D eigenvalue weighted by Crippen LogP contribution is 2.24. The van der Waals surface area contributed by atoms with Gasteiger partial charge in [0, 0.05) is 6.20 Å². The third-order valence-corrected chi connectivity index (χ3v) is 5.78. The molecule has 3 aromatic rings. The number of amides is 1. The highest BCUT2D eigenvalue weighted by molar-refractivity contribution is 7.92. The number of carbonyl (C=O) groups excluding carboxylic acids is 1. The Hall–Kier alpha value is -3.33. The zero-order valence-corrected chi connectivity index (χ0v) is 15.9. The lowest BCUT2D eigenvalue weighted by Gasteiger charge is -2.24. The lowest BCUT2D eigenvalue weighted by molar-refractivity contribution is -0.119. The van der Waals surface area contributed by atoms with Crippen LogP contribution < -0.4 is 9.62 Å². The van der Waals surface area contributed by atoms with Crippen LogP contribution in [0.15, 0.2) is 77.8 Å². The number of sulfonamides is 1. The molecule has 3 rings (SSSR count). The summed E-state index contributed by atoms with van der Waals surface area (Å²) >= 11 is 0. The van der Waals surface area contributed by atoms with Gasteiger partial charge in [0.1, 0.15) is 18.2 Å². The van der Waals surface area contributed by atoms with Gasteiger partial charge in [-0.2, -0.15) is 0 Å². The van der Waals surface area contributed by atoms with E-state index in [1.807, 2.05) is 0 Å². The number of aromatic nitrogens is 1. The molecule has 1 aromatic heterocycles. The summed E-state index contributed by atoms with van der Waals surface area (Å²) in [6.07, 6.45) is 1.57. The van der Waals surface area contributed by atoms with Crippen LogP contribution in [0.5, 0.6) is 0 Å². The Balaban J connectivity index is 1.86. The molecule has 0 aliphatic heterocycles. The summed E-state index contributed by atoms with van der Waals surface area (Å²) in [4.78, 5) is 16.3. The standard InChI is InChI=1S/C20H17F2N3O3S/c21-15-4-8-18(9-5-15)25(29(27,28)19-10-6-16(22)7-11-19)14-20(26)24-13-17-3-1-2-12-23-17/h1-12H,13-14H2,(H,24,26). The summed E-state index contributed by atoms with van der Waals surface area (Å²) < 4.78 is 53.4. The maximum absolute atomic E-state index is 13.3. The van der Waals surface area contributed by atoms with E-state index in [0.29, 0.717) is 5.69 Å². The smallest absolute Gasteiger partial charge is 0.264 e. The zero-order chi connectivity index (χ0) is 20.9. The molecule has 0 radical (unpaired) electrons. The van der Waals surface area contributed by atoms with E-state index in [9.17, 15) is 22.0 Å². The molecule has 0 aliphatic rings. The molecule has 0 unspecified atom stereocenters. The van der Waals surface area contributed by atoms with Crippen LogP contribution in [0, 0.1) is 11.6 Å². The second-order valence-corrected chi connectivity index (χ2v) is 7.90. The second kappa shape index (κ2) is 8.78. The van der Waals surface area contributed by atoms with E-state index in [1.165, 1.54) is 12.1 Å². The van der Waals surface area contributed by atoms with Gasteiger partial charge in [0.2, 0.25) is 5.91 Å². The molecule has 0 bridgehead atoms. The predicted molar refractivity (Wildman–Crippen MR) is 103 cm³/mol. The number of halogens is 2. The van der Waals surface area contributed by atoms with Crippen molar-refractivity contribution in [3.63, 3.8) is 0 Å². The first kappa shape index (κ1) is 20.4. The van der Waals surface area contributed by atoms with E-state index >= 15 is 0 Å². The average molecular weight is 417 g/mol. The Morgan fingerprint density at radius 3 is 2.14 bits per heavy atom. The van der Waals surface area contributed by atoms with Gasteiger partial charge in [-0.25, -0.2) is 17.2 Å². The fourth-order valence-corrected chi connectivity index (χ4v) is 3.96. The first-order valence-electron chi connectivity index (χ1n) is 8.57. The van der Waals surface area contributed by atoms with Crippen LogP contribution in [-0.2, 0) is 21.4 Å². The van der Waals surface area contributed by atoms with Crippen molar-refractivity contribution >= 4 is 21.6 Å². The number of benzene rings is 2. The van der Waals surface area contributed by atoms with Crippen LogP contribution >= 0.6 is 0 Å². The monoisotopic (exact) mass is 417 g/mol. The Morgan fingerprint density at radius 2 is 1.55 bits per heavy atom. The van der Waals surface area contributed by atoms with Crippen molar-refractivity contribution in [2.24, 2.45) is 0 Å². The first-order valence-corrected chi connectivity index (χ1v) is 10.0. The predicted octanol–water partition coefficient (Wildman–Crippen LogP) is 2.87. The highest BCUT2D eigenvalue weighted by atomic mass is 32.2. The van der Waals surface area contributed by atoms with Crippen molar-refractivity contribution in [3.8, 4) is 0 Å². The fraction of sp³-hybridized carbons (Fsp3) is 0.100. The summed E-state index contributed by atoms with van der Waals surface area (Å²) in [6.45, 7) is -0.425. The van der Waals surface area contributed by atoms with E-state index in [4.69, 9.17) is 0 Å². The Morgan fingerprint density at radius 1 is 0.931 bits per heavy atom. The van der Waals surface area contributed by atoms with Gasteiger partial charge in [-0.3, -0.25) is 14.1 Å². The van der Waals surface area contributed by atoms with Crippen molar-refractivity contribution < 1.29 is 22.0 Å². The number of hydrogen-bond donors (Lipinski definition) is 1. The summed E-state index contributed by atoms with van der Waals surface area (Å²) in [5.41, 5.74) is 0.708. The second-order valence-electron chi connectivity index (χ2n) is 6.04. The number of anilines is 1. The largest absolute Gasteiger partial charge is 0.349 e. The van der Waals surface area contributed by atoms with Gasteiger partial charge in [0.25, 0.3) is 10.0 Å². The van der Waals surface area contributed by atoms with Crippen molar-refractivity contribution in [2.75, 3.05) is 10.8 Å². The molecule has 29 heavy (non-hydrogen) atoms. The summed E-state index contributed by atoms with van der Waals surface area (Å²) in [5.74, 6) is -1.72. The van der Waals surface area contributed by atoms with Crippen molar-refractivity contribution in [2.45, 2.75) is 11.4 Å². The van der Waals surface area contributed by atoms with E-state index < -0.39 is 34.1 Å². The lowest BCUT2D eigenvalue weighted by Crippen LogP contribution is -2.40. The molecule has 0 saturated carbocycles. The molecule has 2 aromatic carbocycles. The Labute approximate surface area is 166 Å². The average Bonchev–Trinajstić information content (AvgIpc) is 2.72. The highest BCUT2D eigenvalue weighted by Gasteiger charge is 2.27. The summed E-state index contributed by atoms with van der Waals surface area (Å²) in [5, 5.41) is 2.60. The van der Waals surface area contributed by atoms with Gasteiger partial charge in [-0.15, -0.1) is 0 Å². The SMILES string of the molecule is O=C(CN(c1ccc(F)cc1)S(=O)(=O)c1ccc(F)cc1)NCc1ccccn1. The molecule has 6 nitrogen and oxygen atoms in total. The van der Waals surface area contributed by atoms with E-state index in [0.717, 1.165) is 40.7 Å². The normalized spacial score (nSPS) is 11.1. The molecular formula is C20H17F2N3O3S. The van der Waals surface area contributed by atoms with Crippen LogP contribution in [0.3, 0.4) is 0 Å². The molecule has 0 spiro atoms. The minimum atomic E-state index is -4.19. The third-order valence-electron chi connectivity index (χ3n) is 4.00. The van der Waals surface area contributed by atoms with E-state index in [1.54, 1.807) is 24.4 Å². The maximum atomic E-state index is 13.3. The van der Waals surface area contributed by atoms with E-state index in [2.05, 4.69) is 10.3 Å². The molecule has 1 heterocycles. The summed E-state index contributed by atoms with van der Waals surface area (Å²) in [7, 11) is -4.19. The van der Waals surface area contributed by atoms with E-state index in [-0.39, 0.29) is 17.1 Å². The molecule has 1 N–H and O–H groups in total. The molecule has 0 aliphatic carbocycles. The molecule has 0 atom stereocenters. The van der Waals surface area contributed by atoms with Crippen molar-refractivity contribution in [1.82, 2.24) is 10.3 Å². The van der Waals surface area contributed by atoms with Gasteiger partial charge in [-0.1, -0.05) is 6.07 Å².